The van der Waals surface area contributed by atoms with Crippen LogP contribution in [0.1, 0.15) is 86.5 Å². The van der Waals surface area contributed by atoms with Gasteiger partial charge in [0.25, 0.3) is 0 Å². The average Bonchev–Trinajstić information content (AvgIpc) is 2.99. The van der Waals surface area contributed by atoms with Crippen LogP contribution in [0.5, 0.6) is 0 Å². The number of hydrogen-bond donors (Lipinski definition) is 0. The number of carbonyl (C=O) groups is 2. The number of fused-ring (bicyclic) bond motifs is 5. The van der Waals surface area contributed by atoms with E-state index in [1.54, 1.807) is 7.11 Å². The van der Waals surface area contributed by atoms with Crippen LogP contribution in [-0.4, -0.2) is 24.3 Å². The van der Waals surface area contributed by atoms with Crippen LogP contribution >= 0.6 is 0 Å². The predicted octanol–water partition coefficient (Wildman–Crippen LogP) is 5.76. The zero-order valence-electron chi connectivity index (χ0n) is 19.6. The summed E-state index contributed by atoms with van der Waals surface area (Å²) in [5.74, 6) is 3.49. The molecule has 0 amide bonds. The summed E-state index contributed by atoms with van der Waals surface area (Å²) in [5, 5.41) is 0. The quantitative estimate of drug-likeness (QED) is 0.604. The summed E-state index contributed by atoms with van der Waals surface area (Å²) in [4.78, 5) is 25.8. The van der Waals surface area contributed by atoms with Gasteiger partial charge in [-0.05, 0) is 86.5 Å². The molecule has 0 aromatic heterocycles. The van der Waals surface area contributed by atoms with E-state index in [4.69, 9.17) is 4.74 Å². The first kappa shape index (κ1) is 21.3. The smallest absolute Gasteiger partial charge is 0.164 e. The van der Waals surface area contributed by atoms with Crippen molar-refractivity contribution in [1.29, 1.82) is 0 Å². The maximum absolute atomic E-state index is 13.1. The van der Waals surface area contributed by atoms with Gasteiger partial charge in [-0.15, -0.1) is 0 Å². The van der Waals surface area contributed by atoms with Crippen molar-refractivity contribution in [3.05, 3.63) is 11.1 Å². The molecule has 0 N–H and O–H groups in total. The van der Waals surface area contributed by atoms with Crippen LogP contribution in [0.3, 0.4) is 0 Å². The van der Waals surface area contributed by atoms with E-state index in [9.17, 15) is 9.59 Å². The van der Waals surface area contributed by atoms with Crippen molar-refractivity contribution in [2.45, 2.75) is 92.1 Å². The van der Waals surface area contributed by atoms with Gasteiger partial charge in [-0.25, -0.2) is 0 Å². The minimum atomic E-state index is -0.596. The summed E-state index contributed by atoms with van der Waals surface area (Å²) in [5.41, 5.74) is 1.89. The molecular weight excluding hydrogens is 360 g/mol. The van der Waals surface area contributed by atoms with Crippen LogP contribution in [0, 0.1) is 40.4 Å². The standard InChI is InChI=1S/C26H40O3/c1-8-22(28)26(29-7)12-10-19-18-14-24(4,5)20-13-21(27)15(2)16(3)23(20)17(18)9-11-25(19,26)6/h17-20,23H,8-14H2,1-7H3/t17?,18?,19?,20?,23?,25-,26-/m0/s1. The molecule has 7 atom stereocenters. The lowest BCUT2D eigenvalue weighted by molar-refractivity contribution is -0.174. The number of ketones is 2. The lowest BCUT2D eigenvalue weighted by Crippen LogP contribution is -2.59. The number of carbonyl (C=O) groups excluding carboxylic acids is 2. The Balaban J connectivity index is 1.76. The Hall–Kier alpha value is -0.960. The minimum absolute atomic E-state index is 0.0594. The largest absolute Gasteiger partial charge is 0.370 e. The van der Waals surface area contributed by atoms with E-state index in [0.717, 1.165) is 37.7 Å². The molecule has 3 nitrogen and oxygen atoms in total. The molecule has 4 aliphatic rings. The van der Waals surface area contributed by atoms with Crippen molar-refractivity contribution < 1.29 is 14.3 Å². The van der Waals surface area contributed by atoms with Crippen LogP contribution in [0.25, 0.3) is 0 Å². The normalized spacial score (nSPS) is 46.2. The number of methoxy groups -OCH3 is 1. The molecule has 29 heavy (non-hydrogen) atoms. The molecule has 4 aliphatic carbocycles. The average molecular weight is 401 g/mol. The molecule has 3 heteroatoms. The second-order valence-electron chi connectivity index (χ2n) is 11.5. The van der Waals surface area contributed by atoms with Crippen molar-refractivity contribution in [2.24, 2.45) is 40.4 Å². The highest BCUT2D eigenvalue weighted by Gasteiger charge is 2.67. The molecule has 0 aromatic rings. The van der Waals surface area contributed by atoms with E-state index in [0.29, 0.717) is 47.6 Å². The Morgan fingerprint density at radius 3 is 2.38 bits per heavy atom. The second-order valence-corrected chi connectivity index (χ2v) is 11.5. The van der Waals surface area contributed by atoms with Crippen molar-refractivity contribution >= 4 is 11.6 Å². The highest BCUT2D eigenvalue weighted by atomic mass is 16.5. The Morgan fingerprint density at radius 2 is 1.76 bits per heavy atom. The Labute approximate surface area is 177 Å². The monoisotopic (exact) mass is 400 g/mol. The molecule has 0 aromatic carbocycles. The summed E-state index contributed by atoms with van der Waals surface area (Å²) in [6.45, 7) is 13.4. The van der Waals surface area contributed by atoms with Crippen LogP contribution in [0.2, 0.25) is 0 Å². The van der Waals surface area contributed by atoms with Crippen LogP contribution in [0.4, 0.5) is 0 Å². The second kappa shape index (κ2) is 6.77. The first-order chi connectivity index (χ1) is 13.5. The third-order valence-corrected chi connectivity index (χ3v) is 10.3. The molecule has 0 bridgehead atoms. The maximum atomic E-state index is 13.1. The topological polar surface area (TPSA) is 43.4 Å². The van der Waals surface area contributed by atoms with Gasteiger partial charge in [-0.1, -0.05) is 33.3 Å². The van der Waals surface area contributed by atoms with Gasteiger partial charge < -0.3 is 4.74 Å². The van der Waals surface area contributed by atoms with Gasteiger partial charge in [-0.2, -0.15) is 0 Å². The van der Waals surface area contributed by atoms with Gasteiger partial charge in [-0.3, -0.25) is 9.59 Å². The lowest BCUT2D eigenvalue weighted by atomic mass is 9.44. The third kappa shape index (κ3) is 2.65. The molecule has 4 rings (SSSR count). The van der Waals surface area contributed by atoms with Crippen LogP contribution in [0.15, 0.2) is 11.1 Å². The Kier molecular flexibility index (Phi) is 4.97. The highest BCUT2D eigenvalue weighted by Crippen LogP contribution is 2.69. The number of allylic oxidation sites excluding steroid dienone is 2. The van der Waals surface area contributed by atoms with Gasteiger partial charge in [0.05, 0.1) is 0 Å². The Bertz CT molecular complexity index is 762. The molecule has 3 saturated carbocycles. The molecule has 3 fully saturated rings. The zero-order chi connectivity index (χ0) is 21.4. The van der Waals surface area contributed by atoms with Crippen LogP contribution in [-0.2, 0) is 14.3 Å². The molecule has 0 saturated heterocycles. The van der Waals surface area contributed by atoms with Gasteiger partial charge >= 0.3 is 0 Å². The molecular formula is C26H40O3. The van der Waals surface area contributed by atoms with E-state index >= 15 is 0 Å². The van der Waals surface area contributed by atoms with E-state index in [-0.39, 0.29) is 10.8 Å². The molecule has 162 valence electrons. The SMILES string of the molecule is CCC(=O)[C@@]1(OC)CCC2C3CC(C)(C)C4CC(=O)C(C)=C(C)C4C3CC[C@@]21C. The predicted molar refractivity (Wildman–Crippen MR) is 115 cm³/mol. The fourth-order valence-electron chi connectivity index (χ4n) is 8.64. The van der Waals surface area contributed by atoms with Crippen molar-refractivity contribution in [1.82, 2.24) is 0 Å². The first-order valence-corrected chi connectivity index (χ1v) is 11.8. The molecule has 0 aliphatic heterocycles. The Morgan fingerprint density at radius 1 is 1.07 bits per heavy atom. The summed E-state index contributed by atoms with van der Waals surface area (Å²) in [6.07, 6.45) is 6.68. The number of hydrogen-bond acceptors (Lipinski definition) is 3. The third-order valence-electron chi connectivity index (χ3n) is 10.3. The molecule has 0 heterocycles. The van der Waals surface area contributed by atoms with Gasteiger partial charge in [0.1, 0.15) is 5.60 Å². The van der Waals surface area contributed by atoms with Crippen LogP contribution < -0.4 is 0 Å². The van der Waals surface area contributed by atoms with E-state index < -0.39 is 5.60 Å². The summed E-state index contributed by atoms with van der Waals surface area (Å²) < 4.78 is 6.11. The van der Waals surface area contributed by atoms with Gasteiger partial charge in [0.2, 0.25) is 0 Å². The summed E-state index contributed by atoms with van der Waals surface area (Å²) in [6, 6.07) is 0. The van der Waals surface area contributed by atoms with Gasteiger partial charge in [0.15, 0.2) is 11.6 Å². The molecule has 0 radical (unpaired) electrons. The van der Waals surface area contributed by atoms with E-state index in [2.05, 4.69) is 27.7 Å². The first-order valence-electron chi connectivity index (χ1n) is 11.8. The van der Waals surface area contributed by atoms with E-state index in [1.165, 1.54) is 12.0 Å². The summed E-state index contributed by atoms with van der Waals surface area (Å²) in [7, 11) is 1.76. The number of Topliss-reactive ketones (excluding diaryl/α,β-unsaturated/α-hetero) is 2. The molecule has 0 spiro atoms. The maximum Gasteiger partial charge on any atom is 0.164 e. The minimum Gasteiger partial charge on any atom is -0.370 e. The van der Waals surface area contributed by atoms with Gasteiger partial charge in [0, 0.05) is 25.4 Å². The fraction of sp³-hybridized carbons (Fsp3) is 0.846. The number of ether oxygens (including phenoxy) is 1. The zero-order valence-corrected chi connectivity index (χ0v) is 19.6. The van der Waals surface area contributed by atoms with E-state index in [1.807, 2.05) is 13.8 Å². The summed E-state index contributed by atoms with van der Waals surface area (Å²) >= 11 is 0. The molecule has 5 unspecified atom stereocenters. The van der Waals surface area contributed by atoms with Crippen molar-refractivity contribution in [2.75, 3.05) is 7.11 Å². The highest BCUT2D eigenvalue weighted by molar-refractivity contribution is 5.96. The van der Waals surface area contributed by atoms with Crippen molar-refractivity contribution in [3.63, 3.8) is 0 Å². The lowest BCUT2D eigenvalue weighted by Gasteiger charge is -2.61. The number of rotatable bonds is 3. The van der Waals surface area contributed by atoms with Crippen molar-refractivity contribution in [3.8, 4) is 0 Å². The fourth-order valence-corrected chi connectivity index (χ4v) is 8.64.